The summed E-state index contributed by atoms with van der Waals surface area (Å²) in [5, 5.41) is 26.9. The molecular weight excluding hydrogens is 320 g/mol. The topological polar surface area (TPSA) is 87.0 Å². The first-order valence-electron chi connectivity index (χ1n) is 8.41. The molecule has 0 aliphatic carbocycles. The minimum Gasteiger partial charge on any atom is -0.482 e. The molecule has 2 aromatic rings. The van der Waals surface area contributed by atoms with Gasteiger partial charge in [-0.25, -0.2) is 4.79 Å². The van der Waals surface area contributed by atoms with Crippen LogP contribution in [0.2, 0.25) is 0 Å². The third-order valence-electron chi connectivity index (χ3n) is 4.07. The number of rotatable bonds is 9. The van der Waals surface area contributed by atoms with Crippen molar-refractivity contribution in [3.05, 3.63) is 64.7 Å². The summed E-state index contributed by atoms with van der Waals surface area (Å²) in [7, 11) is 0. The molecule has 3 N–H and O–H groups in total. The summed E-state index contributed by atoms with van der Waals surface area (Å²) in [5.41, 5.74) is 3.86. The van der Waals surface area contributed by atoms with Gasteiger partial charge in [0.25, 0.3) is 0 Å². The molecule has 5 nitrogen and oxygen atoms in total. The van der Waals surface area contributed by atoms with Crippen LogP contribution in [-0.4, -0.2) is 27.9 Å². The summed E-state index contributed by atoms with van der Waals surface area (Å²) < 4.78 is 5.31. The largest absolute Gasteiger partial charge is 0.482 e. The van der Waals surface area contributed by atoms with Crippen molar-refractivity contribution in [2.24, 2.45) is 0 Å². The molecule has 2 aromatic carbocycles. The van der Waals surface area contributed by atoms with Crippen LogP contribution in [0.4, 0.5) is 0 Å². The molecule has 0 amide bonds. The van der Waals surface area contributed by atoms with Crippen LogP contribution < -0.4 is 4.74 Å². The molecule has 25 heavy (non-hydrogen) atoms. The van der Waals surface area contributed by atoms with Gasteiger partial charge in [0.15, 0.2) is 12.9 Å². The van der Waals surface area contributed by atoms with Crippen molar-refractivity contribution >= 4 is 5.97 Å². The molecule has 5 heteroatoms. The fraction of sp³-hybridized carbons (Fsp3) is 0.350. The first-order valence-corrected chi connectivity index (χ1v) is 8.41. The van der Waals surface area contributed by atoms with Crippen molar-refractivity contribution in [2.75, 3.05) is 6.61 Å². The number of carboxylic acid groups (broad SMARTS) is 1. The highest BCUT2D eigenvalue weighted by Crippen LogP contribution is 2.22. The normalized spacial score (nSPS) is 10.9. The van der Waals surface area contributed by atoms with E-state index >= 15 is 0 Å². The first kappa shape index (κ1) is 19.0. The van der Waals surface area contributed by atoms with Crippen LogP contribution >= 0.6 is 0 Å². The van der Waals surface area contributed by atoms with E-state index in [-0.39, 0.29) is 6.61 Å². The van der Waals surface area contributed by atoms with E-state index in [1.165, 1.54) is 5.56 Å². The molecule has 0 aliphatic heterocycles. The molecular formula is C20H24O5. The molecule has 0 radical (unpaired) electrons. The van der Waals surface area contributed by atoms with Gasteiger partial charge in [0, 0.05) is 5.56 Å². The molecule has 0 unspecified atom stereocenters. The number of aryl methyl sites for hydroxylation is 3. The predicted molar refractivity (Wildman–Crippen MR) is 94.6 cm³/mol. The number of aliphatic hydroxyl groups excluding tert-OH is 1. The zero-order chi connectivity index (χ0) is 18.2. The zero-order valence-corrected chi connectivity index (χ0v) is 14.3. The minimum absolute atomic E-state index is 0.328. The van der Waals surface area contributed by atoms with Gasteiger partial charge in [-0.3, -0.25) is 0 Å². The Labute approximate surface area is 147 Å². The number of carboxylic acids is 1. The first-order chi connectivity index (χ1) is 12.0. The van der Waals surface area contributed by atoms with Crippen LogP contribution in [0.5, 0.6) is 5.75 Å². The Morgan fingerprint density at radius 2 is 1.68 bits per heavy atom. The zero-order valence-electron chi connectivity index (χ0n) is 14.3. The standard InChI is InChI=1S/C20H24O5/c1-2-16-12-15(8-11-18(16)25-13-19(21)22)5-3-4-14-6-9-17(10-7-14)20(23)24/h6-12,20,23-24H,2-5,13H2,1H3,(H,21,22). The number of aliphatic carboxylic acids is 1. The SMILES string of the molecule is CCc1cc(CCCc2ccc(C(O)O)cc2)ccc1OCC(=O)O. The Bertz CT molecular complexity index is 692. The van der Waals surface area contributed by atoms with E-state index in [0.717, 1.165) is 36.8 Å². The number of benzene rings is 2. The van der Waals surface area contributed by atoms with Gasteiger partial charge in [-0.15, -0.1) is 0 Å². The van der Waals surface area contributed by atoms with Crippen molar-refractivity contribution in [1.29, 1.82) is 0 Å². The van der Waals surface area contributed by atoms with Crippen LogP contribution in [0.25, 0.3) is 0 Å². The highest BCUT2D eigenvalue weighted by Gasteiger charge is 2.07. The predicted octanol–water partition coefficient (Wildman–Crippen LogP) is 2.87. The highest BCUT2D eigenvalue weighted by atomic mass is 16.5. The monoisotopic (exact) mass is 344 g/mol. The maximum atomic E-state index is 10.6. The van der Waals surface area contributed by atoms with E-state index in [0.29, 0.717) is 11.3 Å². The Kier molecular flexibility index (Phi) is 6.98. The molecule has 0 heterocycles. The van der Waals surface area contributed by atoms with Crippen LogP contribution in [0.15, 0.2) is 42.5 Å². The Morgan fingerprint density at radius 1 is 1.04 bits per heavy atom. The van der Waals surface area contributed by atoms with Crippen molar-refractivity contribution < 1.29 is 24.9 Å². The van der Waals surface area contributed by atoms with Gasteiger partial charge >= 0.3 is 5.97 Å². The van der Waals surface area contributed by atoms with Gasteiger partial charge in [0.05, 0.1) is 0 Å². The molecule has 0 atom stereocenters. The fourth-order valence-electron chi connectivity index (χ4n) is 2.70. The number of carbonyl (C=O) groups is 1. The second kappa shape index (κ2) is 9.20. The Hall–Kier alpha value is -2.37. The highest BCUT2D eigenvalue weighted by molar-refractivity contribution is 5.68. The maximum absolute atomic E-state index is 10.6. The average Bonchev–Trinajstić information content (AvgIpc) is 2.60. The van der Waals surface area contributed by atoms with E-state index in [4.69, 9.17) is 20.1 Å². The summed E-state index contributed by atoms with van der Waals surface area (Å²) >= 11 is 0. The quantitative estimate of drug-likeness (QED) is 0.609. The second-order valence-electron chi connectivity index (χ2n) is 5.95. The minimum atomic E-state index is -1.43. The van der Waals surface area contributed by atoms with Crippen LogP contribution in [0.3, 0.4) is 0 Å². The van der Waals surface area contributed by atoms with E-state index in [1.807, 2.05) is 31.2 Å². The lowest BCUT2D eigenvalue weighted by atomic mass is 10.0. The van der Waals surface area contributed by atoms with E-state index in [9.17, 15) is 4.79 Å². The summed E-state index contributed by atoms with van der Waals surface area (Å²) in [6.07, 6.45) is 2.15. The van der Waals surface area contributed by atoms with Gasteiger partial charge in [-0.05, 0) is 48.4 Å². The Balaban J connectivity index is 1.90. The van der Waals surface area contributed by atoms with E-state index < -0.39 is 12.3 Å². The molecule has 2 rings (SSSR count). The van der Waals surface area contributed by atoms with Crippen molar-refractivity contribution in [1.82, 2.24) is 0 Å². The molecule has 0 spiro atoms. The number of hydrogen-bond donors (Lipinski definition) is 3. The number of hydrogen-bond acceptors (Lipinski definition) is 4. The Morgan fingerprint density at radius 3 is 2.28 bits per heavy atom. The number of aliphatic hydroxyl groups is 2. The molecule has 0 aliphatic rings. The molecule has 0 saturated carbocycles. The summed E-state index contributed by atoms with van der Waals surface area (Å²) in [4.78, 5) is 10.6. The third-order valence-corrected chi connectivity index (χ3v) is 4.07. The third kappa shape index (κ3) is 5.89. The summed E-state index contributed by atoms with van der Waals surface area (Å²) in [6.45, 7) is 1.69. The second-order valence-corrected chi connectivity index (χ2v) is 5.95. The molecule has 0 saturated heterocycles. The van der Waals surface area contributed by atoms with Gasteiger partial charge in [-0.1, -0.05) is 43.3 Å². The maximum Gasteiger partial charge on any atom is 0.341 e. The van der Waals surface area contributed by atoms with Gasteiger partial charge in [0.2, 0.25) is 0 Å². The van der Waals surface area contributed by atoms with Gasteiger partial charge in [0.1, 0.15) is 5.75 Å². The number of ether oxygens (including phenoxy) is 1. The fourth-order valence-corrected chi connectivity index (χ4v) is 2.70. The smallest absolute Gasteiger partial charge is 0.341 e. The molecule has 0 fully saturated rings. The van der Waals surface area contributed by atoms with Crippen LogP contribution in [0.1, 0.15) is 41.9 Å². The average molecular weight is 344 g/mol. The lowest BCUT2D eigenvalue weighted by molar-refractivity contribution is -0.139. The molecule has 134 valence electrons. The summed E-state index contributed by atoms with van der Waals surface area (Å²) in [6, 6.07) is 13.2. The van der Waals surface area contributed by atoms with Crippen LogP contribution in [-0.2, 0) is 24.1 Å². The van der Waals surface area contributed by atoms with Crippen molar-refractivity contribution in [3.63, 3.8) is 0 Å². The van der Waals surface area contributed by atoms with E-state index in [2.05, 4.69) is 6.07 Å². The summed E-state index contributed by atoms with van der Waals surface area (Å²) in [5.74, 6) is -0.349. The molecule has 0 aromatic heterocycles. The lowest BCUT2D eigenvalue weighted by Gasteiger charge is -2.11. The van der Waals surface area contributed by atoms with E-state index in [1.54, 1.807) is 12.1 Å². The van der Waals surface area contributed by atoms with Gasteiger partial charge < -0.3 is 20.1 Å². The van der Waals surface area contributed by atoms with Gasteiger partial charge in [-0.2, -0.15) is 0 Å². The van der Waals surface area contributed by atoms with Crippen LogP contribution in [0, 0.1) is 0 Å². The van der Waals surface area contributed by atoms with Crippen molar-refractivity contribution in [3.8, 4) is 5.75 Å². The molecule has 0 bridgehead atoms. The van der Waals surface area contributed by atoms with Crippen molar-refractivity contribution in [2.45, 2.75) is 38.9 Å². The lowest BCUT2D eigenvalue weighted by Crippen LogP contribution is -2.10.